The van der Waals surface area contributed by atoms with Gasteiger partial charge in [0.2, 0.25) is 0 Å². The van der Waals surface area contributed by atoms with Crippen molar-refractivity contribution in [1.82, 2.24) is 0 Å². The van der Waals surface area contributed by atoms with Gasteiger partial charge in [-0.25, -0.2) is 0 Å². The van der Waals surface area contributed by atoms with Crippen molar-refractivity contribution in [2.45, 2.75) is 19.5 Å². The van der Waals surface area contributed by atoms with Crippen LogP contribution in [0.5, 0.6) is 0 Å². The van der Waals surface area contributed by atoms with E-state index in [1.807, 2.05) is 0 Å². The highest BCUT2D eigenvalue weighted by molar-refractivity contribution is 7.85. The zero-order valence-electron chi connectivity index (χ0n) is 8.32. The molecule has 0 spiro atoms. The van der Waals surface area contributed by atoms with Crippen molar-refractivity contribution in [2.24, 2.45) is 5.92 Å². The van der Waals surface area contributed by atoms with Gasteiger partial charge in [-0.2, -0.15) is 21.6 Å². The number of hydrogen-bond acceptors (Lipinski definition) is 4. The monoisotopic (exact) mass is 264 g/mol. The van der Waals surface area contributed by atoms with Crippen molar-refractivity contribution in [3.05, 3.63) is 0 Å². The standard InChI is InChI=1S/C7H11F3O5S/c1-2-15-6(11)3-5(7(8,9)10)4-16(12,13)14/h5H,2-4H2,1H3,(H,12,13,14). The quantitative estimate of drug-likeness (QED) is 0.592. The first-order chi connectivity index (χ1) is 7.06. The Labute approximate surface area is 90.3 Å². The van der Waals surface area contributed by atoms with Crippen LogP contribution in [-0.4, -0.2) is 37.5 Å². The lowest BCUT2D eigenvalue weighted by atomic mass is 10.1. The van der Waals surface area contributed by atoms with Crippen LogP contribution in [0.4, 0.5) is 13.2 Å². The molecule has 16 heavy (non-hydrogen) atoms. The van der Waals surface area contributed by atoms with E-state index in [2.05, 4.69) is 4.74 Å². The number of alkyl halides is 3. The predicted molar refractivity (Wildman–Crippen MR) is 47.2 cm³/mol. The van der Waals surface area contributed by atoms with E-state index in [1.54, 1.807) is 0 Å². The summed E-state index contributed by atoms with van der Waals surface area (Å²) in [7, 11) is -4.79. The largest absolute Gasteiger partial charge is 0.466 e. The molecule has 0 aliphatic heterocycles. The third-order valence-corrected chi connectivity index (χ3v) is 2.42. The van der Waals surface area contributed by atoms with E-state index in [-0.39, 0.29) is 6.61 Å². The summed E-state index contributed by atoms with van der Waals surface area (Å²) in [5.74, 6) is -5.16. The molecule has 0 aliphatic rings. The van der Waals surface area contributed by atoms with E-state index >= 15 is 0 Å². The molecule has 0 saturated heterocycles. The summed E-state index contributed by atoms with van der Waals surface area (Å²) < 4.78 is 70.0. The van der Waals surface area contributed by atoms with Crippen LogP contribution in [0.3, 0.4) is 0 Å². The van der Waals surface area contributed by atoms with Crippen LogP contribution < -0.4 is 0 Å². The second-order valence-corrected chi connectivity index (χ2v) is 4.49. The minimum absolute atomic E-state index is 0.102. The van der Waals surface area contributed by atoms with Crippen molar-refractivity contribution in [3.8, 4) is 0 Å². The third-order valence-electron chi connectivity index (χ3n) is 1.59. The van der Waals surface area contributed by atoms with Crippen LogP contribution in [0.15, 0.2) is 0 Å². The van der Waals surface area contributed by atoms with E-state index in [1.165, 1.54) is 6.92 Å². The van der Waals surface area contributed by atoms with Gasteiger partial charge in [0.25, 0.3) is 10.1 Å². The Bertz CT molecular complexity index is 334. The summed E-state index contributed by atoms with van der Waals surface area (Å²) in [6.45, 7) is 1.30. The molecule has 96 valence electrons. The Hall–Kier alpha value is -0.830. The molecular formula is C7H11F3O5S. The Morgan fingerprint density at radius 3 is 2.25 bits per heavy atom. The summed E-state index contributed by atoms with van der Waals surface area (Å²) in [6.07, 6.45) is -6.01. The number of halogens is 3. The predicted octanol–water partition coefficient (Wildman–Crippen LogP) is 1.01. The van der Waals surface area contributed by atoms with Crippen LogP contribution in [0, 0.1) is 5.92 Å². The Kier molecular flexibility index (Phi) is 5.20. The number of ether oxygens (including phenoxy) is 1. The molecule has 1 N–H and O–H groups in total. The van der Waals surface area contributed by atoms with Gasteiger partial charge in [0.05, 0.1) is 24.7 Å². The normalized spacial score (nSPS) is 14.6. The minimum atomic E-state index is -4.89. The summed E-state index contributed by atoms with van der Waals surface area (Å²) in [5, 5.41) is 0. The Balaban J connectivity index is 4.65. The van der Waals surface area contributed by atoms with Crippen LogP contribution in [0.2, 0.25) is 0 Å². The lowest BCUT2D eigenvalue weighted by Crippen LogP contribution is -2.32. The first-order valence-electron chi connectivity index (χ1n) is 4.23. The first kappa shape index (κ1) is 15.2. The summed E-state index contributed by atoms with van der Waals surface area (Å²) in [6, 6.07) is 0. The third kappa shape index (κ3) is 6.62. The maximum Gasteiger partial charge on any atom is 0.393 e. The summed E-state index contributed by atoms with van der Waals surface area (Å²) >= 11 is 0. The number of carbonyl (C=O) groups is 1. The van der Waals surface area contributed by atoms with Crippen molar-refractivity contribution in [2.75, 3.05) is 12.4 Å². The Morgan fingerprint density at radius 2 is 1.94 bits per heavy atom. The Morgan fingerprint density at radius 1 is 1.44 bits per heavy atom. The van der Waals surface area contributed by atoms with Gasteiger partial charge < -0.3 is 4.74 Å². The topological polar surface area (TPSA) is 80.7 Å². The SMILES string of the molecule is CCOC(=O)CC(CS(=O)(=O)O)C(F)(F)F. The molecule has 1 unspecified atom stereocenters. The second kappa shape index (κ2) is 5.48. The molecule has 0 saturated carbocycles. The van der Waals surface area contributed by atoms with Crippen molar-refractivity contribution < 1.29 is 35.7 Å². The van der Waals surface area contributed by atoms with Crippen molar-refractivity contribution in [3.63, 3.8) is 0 Å². The number of rotatable bonds is 5. The van der Waals surface area contributed by atoms with E-state index in [0.29, 0.717) is 0 Å². The van der Waals surface area contributed by atoms with Crippen LogP contribution in [-0.2, 0) is 19.6 Å². The molecule has 9 heteroatoms. The highest BCUT2D eigenvalue weighted by Crippen LogP contribution is 2.30. The lowest BCUT2D eigenvalue weighted by Gasteiger charge is -2.17. The van der Waals surface area contributed by atoms with Gasteiger partial charge in [-0.05, 0) is 6.92 Å². The van der Waals surface area contributed by atoms with E-state index < -0.39 is 40.4 Å². The average Bonchev–Trinajstić information content (AvgIpc) is 1.98. The average molecular weight is 264 g/mol. The lowest BCUT2D eigenvalue weighted by molar-refractivity contribution is -0.179. The van der Waals surface area contributed by atoms with Gasteiger partial charge in [-0.15, -0.1) is 0 Å². The number of esters is 1. The van der Waals surface area contributed by atoms with Crippen LogP contribution >= 0.6 is 0 Å². The molecule has 0 amide bonds. The van der Waals surface area contributed by atoms with Crippen LogP contribution in [0.1, 0.15) is 13.3 Å². The van der Waals surface area contributed by atoms with E-state index in [4.69, 9.17) is 4.55 Å². The highest BCUT2D eigenvalue weighted by atomic mass is 32.2. The molecular weight excluding hydrogens is 253 g/mol. The molecule has 0 fully saturated rings. The zero-order chi connectivity index (χ0) is 13.0. The molecule has 1 atom stereocenters. The number of hydrogen-bond donors (Lipinski definition) is 1. The van der Waals surface area contributed by atoms with Gasteiger partial charge in [0, 0.05) is 0 Å². The zero-order valence-corrected chi connectivity index (χ0v) is 9.14. The molecule has 5 nitrogen and oxygen atoms in total. The smallest absolute Gasteiger partial charge is 0.393 e. The minimum Gasteiger partial charge on any atom is -0.466 e. The fourth-order valence-electron chi connectivity index (χ4n) is 0.944. The van der Waals surface area contributed by atoms with Gasteiger partial charge >= 0.3 is 12.1 Å². The van der Waals surface area contributed by atoms with Crippen molar-refractivity contribution >= 4 is 16.1 Å². The first-order valence-corrected chi connectivity index (χ1v) is 5.84. The second-order valence-electron chi connectivity index (χ2n) is 3.00. The summed E-state index contributed by atoms with van der Waals surface area (Å²) in [5.41, 5.74) is 0. The molecule has 0 aliphatic carbocycles. The molecule has 0 heterocycles. The van der Waals surface area contributed by atoms with Gasteiger partial charge in [0.1, 0.15) is 0 Å². The summed E-state index contributed by atoms with van der Waals surface area (Å²) in [4.78, 5) is 10.8. The van der Waals surface area contributed by atoms with Crippen molar-refractivity contribution in [1.29, 1.82) is 0 Å². The van der Waals surface area contributed by atoms with E-state index in [0.717, 1.165) is 0 Å². The number of carbonyl (C=O) groups excluding carboxylic acids is 1. The molecule has 0 rings (SSSR count). The molecule has 0 bridgehead atoms. The fourth-order valence-corrected chi connectivity index (χ4v) is 1.76. The maximum absolute atomic E-state index is 12.3. The highest BCUT2D eigenvalue weighted by Gasteiger charge is 2.43. The van der Waals surface area contributed by atoms with Gasteiger partial charge in [-0.1, -0.05) is 0 Å². The van der Waals surface area contributed by atoms with Crippen LogP contribution in [0.25, 0.3) is 0 Å². The molecule has 0 aromatic rings. The van der Waals surface area contributed by atoms with Gasteiger partial charge in [0.15, 0.2) is 0 Å². The molecule has 0 aromatic heterocycles. The van der Waals surface area contributed by atoms with E-state index in [9.17, 15) is 26.4 Å². The van der Waals surface area contributed by atoms with Gasteiger partial charge in [-0.3, -0.25) is 9.35 Å². The molecule has 0 aromatic carbocycles. The maximum atomic E-state index is 12.3. The fraction of sp³-hybridized carbons (Fsp3) is 0.857. The molecule has 0 radical (unpaired) electrons.